The number of anilines is 1. The van der Waals surface area contributed by atoms with Crippen LogP contribution in [0.1, 0.15) is 27.4 Å². The fourth-order valence-corrected chi connectivity index (χ4v) is 2.37. The number of rotatable bonds is 2. The van der Waals surface area contributed by atoms with Crippen molar-refractivity contribution >= 4 is 11.5 Å². The predicted octanol–water partition coefficient (Wildman–Crippen LogP) is 2.93. The number of halogens is 1. The molecule has 0 amide bonds. The smallest absolute Gasteiger partial charge is 0.170 e. The van der Waals surface area contributed by atoms with E-state index >= 15 is 0 Å². The number of hydrogen-bond donors (Lipinski definition) is 1. The van der Waals surface area contributed by atoms with E-state index in [1.165, 1.54) is 17.7 Å². The summed E-state index contributed by atoms with van der Waals surface area (Å²) in [6.07, 6.45) is 0.737. The van der Waals surface area contributed by atoms with E-state index in [-0.39, 0.29) is 17.4 Å². The van der Waals surface area contributed by atoms with Gasteiger partial charge in [-0.25, -0.2) is 4.39 Å². The maximum Gasteiger partial charge on any atom is 0.170 e. The molecule has 0 spiro atoms. The van der Waals surface area contributed by atoms with Crippen molar-refractivity contribution in [1.29, 1.82) is 0 Å². The van der Waals surface area contributed by atoms with Crippen LogP contribution in [-0.4, -0.2) is 5.78 Å². The quantitative estimate of drug-likeness (QED) is 0.649. The summed E-state index contributed by atoms with van der Waals surface area (Å²) in [6, 6.07) is 12.1. The lowest BCUT2D eigenvalue weighted by atomic mass is 9.74. The van der Waals surface area contributed by atoms with Gasteiger partial charge in [0.2, 0.25) is 0 Å². The zero-order valence-corrected chi connectivity index (χ0v) is 9.69. The second-order valence-corrected chi connectivity index (χ2v) is 4.56. The monoisotopic (exact) mass is 241 g/mol. The largest absolute Gasteiger partial charge is 0.396 e. The Kier molecular flexibility index (Phi) is 2.40. The molecular formula is C15H12FNO. The van der Waals surface area contributed by atoms with Crippen LogP contribution in [0.3, 0.4) is 0 Å². The van der Waals surface area contributed by atoms with Gasteiger partial charge in [-0.2, -0.15) is 0 Å². The molecule has 2 aromatic carbocycles. The Morgan fingerprint density at radius 1 is 1.22 bits per heavy atom. The van der Waals surface area contributed by atoms with Crippen LogP contribution in [0.25, 0.3) is 0 Å². The van der Waals surface area contributed by atoms with Crippen molar-refractivity contribution in [3.63, 3.8) is 0 Å². The van der Waals surface area contributed by atoms with E-state index in [0.717, 1.165) is 12.0 Å². The number of ketones is 1. The van der Waals surface area contributed by atoms with Crippen LogP contribution in [0.4, 0.5) is 10.1 Å². The van der Waals surface area contributed by atoms with Crippen LogP contribution in [0.2, 0.25) is 0 Å². The molecule has 0 aliphatic heterocycles. The van der Waals surface area contributed by atoms with Gasteiger partial charge in [-0.1, -0.05) is 24.3 Å². The number of carbonyl (C=O) groups is 1. The topological polar surface area (TPSA) is 43.1 Å². The highest BCUT2D eigenvalue weighted by atomic mass is 19.1. The Labute approximate surface area is 104 Å². The van der Waals surface area contributed by atoms with Crippen molar-refractivity contribution < 1.29 is 9.18 Å². The second kappa shape index (κ2) is 3.95. The van der Waals surface area contributed by atoms with Gasteiger partial charge in [-0.3, -0.25) is 4.79 Å². The Morgan fingerprint density at radius 2 is 2.00 bits per heavy atom. The van der Waals surface area contributed by atoms with Crippen molar-refractivity contribution in [3.8, 4) is 0 Å². The molecule has 0 saturated heterocycles. The SMILES string of the molecule is Nc1ccc(C(=O)C2Cc3ccccc32)cc1F. The molecule has 0 bridgehead atoms. The average Bonchev–Trinajstić information content (AvgIpc) is 2.34. The molecule has 1 aliphatic rings. The fraction of sp³-hybridized carbons (Fsp3) is 0.133. The lowest BCUT2D eigenvalue weighted by molar-refractivity contribution is 0.0948. The van der Waals surface area contributed by atoms with Crippen molar-refractivity contribution in [1.82, 2.24) is 0 Å². The zero-order valence-electron chi connectivity index (χ0n) is 9.69. The molecule has 3 heteroatoms. The minimum Gasteiger partial charge on any atom is -0.396 e. The van der Waals surface area contributed by atoms with Crippen LogP contribution in [0.15, 0.2) is 42.5 Å². The fourth-order valence-electron chi connectivity index (χ4n) is 2.37. The Morgan fingerprint density at radius 3 is 2.72 bits per heavy atom. The molecule has 0 heterocycles. The molecule has 90 valence electrons. The first-order valence-electron chi connectivity index (χ1n) is 5.84. The molecule has 2 N–H and O–H groups in total. The molecular weight excluding hydrogens is 229 g/mol. The number of nitrogen functional groups attached to an aromatic ring is 1. The number of fused-ring (bicyclic) bond motifs is 1. The first-order chi connectivity index (χ1) is 8.66. The summed E-state index contributed by atoms with van der Waals surface area (Å²) in [4.78, 5) is 12.2. The molecule has 0 fully saturated rings. The van der Waals surface area contributed by atoms with Gasteiger partial charge in [0.15, 0.2) is 5.78 Å². The first kappa shape index (κ1) is 11.0. The van der Waals surface area contributed by atoms with Crippen LogP contribution < -0.4 is 5.73 Å². The number of benzene rings is 2. The minimum absolute atomic E-state index is 0.0346. The van der Waals surface area contributed by atoms with E-state index in [2.05, 4.69) is 0 Å². The highest BCUT2D eigenvalue weighted by Crippen LogP contribution is 2.37. The van der Waals surface area contributed by atoms with Crippen LogP contribution in [0, 0.1) is 5.82 Å². The van der Waals surface area contributed by atoms with Crippen molar-refractivity contribution in [3.05, 3.63) is 65.0 Å². The highest BCUT2D eigenvalue weighted by Gasteiger charge is 2.32. The summed E-state index contributed by atoms with van der Waals surface area (Å²) in [5.74, 6) is -0.703. The molecule has 0 aromatic heterocycles. The van der Waals surface area contributed by atoms with E-state index in [1.54, 1.807) is 6.07 Å². The second-order valence-electron chi connectivity index (χ2n) is 4.56. The van der Waals surface area contributed by atoms with Gasteiger partial charge >= 0.3 is 0 Å². The molecule has 3 rings (SSSR count). The first-order valence-corrected chi connectivity index (χ1v) is 5.84. The maximum atomic E-state index is 13.3. The zero-order chi connectivity index (χ0) is 12.7. The third-order valence-electron chi connectivity index (χ3n) is 3.46. The van der Waals surface area contributed by atoms with Gasteiger partial charge in [-0.05, 0) is 35.7 Å². The summed E-state index contributed by atoms with van der Waals surface area (Å²) in [7, 11) is 0. The minimum atomic E-state index is -0.534. The van der Waals surface area contributed by atoms with E-state index in [9.17, 15) is 9.18 Å². The van der Waals surface area contributed by atoms with Crippen LogP contribution in [-0.2, 0) is 6.42 Å². The summed E-state index contributed by atoms with van der Waals surface area (Å²) in [6.45, 7) is 0. The van der Waals surface area contributed by atoms with Gasteiger partial charge in [0.25, 0.3) is 0 Å². The Bertz CT molecular complexity index is 636. The van der Waals surface area contributed by atoms with Gasteiger partial charge in [0.05, 0.1) is 11.6 Å². The number of hydrogen-bond acceptors (Lipinski definition) is 2. The van der Waals surface area contributed by atoms with E-state index in [4.69, 9.17) is 5.73 Å². The third kappa shape index (κ3) is 1.59. The molecule has 1 unspecified atom stereocenters. The average molecular weight is 241 g/mol. The maximum absolute atomic E-state index is 13.3. The van der Waals surface area contributed by atoms with Crippen molar-refractivity contribution in [2.45, 2.75) is 12.3 Å². The standard InChI is InChI=1S/C15H12FNO/c16-13-8-10(5-6-14(13)17)15(18)12-7-9-3-1-2-4-11(9)12/h1-6,8,12H,7,17H2. The Hall–Kier alpha value is -2.16. The highest BCUT2D eigenvalue weighted by molar-refractivity contribution is 6.02. The van der Waals surface area contributed by atoms with Gasteiger partial charge in [0.1, 0.15) is 5.82 Å². The number of carbonyl (C=O) groups excluding carboxylic acids is 1. The molecule has 0 saturated carbocycles. The normalized spacial score (nSPS) is 16.8. The van der Waals surface area contributed by atoms with E-state index < -0.39 is 5.82 Å². The molecule has 18 heavy (non-hydrogen) atoms. The van der Waals surface area contributed by atoms with Crippen molar-refractivity contribution in [2.24, 2.45) is 0 Å². The van der Waals surface area contributed by atoms with E-state index in [1.807, 2.05) is 24.3 Å². The van der Waals surface area contributed by atoms with Gasteiger partial charge in [-0.15, -0.1) is 0 Å². The number of Topliss-reactive ketones (excluding diaryl/α,β-unsaturated/α-hetero) is 1. The summed E-state index contributed by atoms with van der Waals surface area (Å²) in [5, 5.41) is 0. The predicted molar refractivity (Wildman–Crippen MR) is 68.0 cm³/mol. The Balaban J connectivity index is 1.91. The van der Waals surface area contributed by atoms with Crippen LogP contribution >= 0.6 is 0 Å². The molecule has 2 aromatic rings. The lowest BCUT2D eigenvalue weighted by Crippen LogP contribution is -2.25. The lowest BCUT2D eigenvalue weighted by Gasteiger charge is -2.28. The molecule has 2 nitrogen and oxygen atoms in total. The van der Waals surface area contributed by atoms with Gasteiger partial charge < -0.3 is 5.73 Å². The van der Waals surface area contributed by atoms with Crippen molar-refractivity contribution in [2.75, 3.05) is 5.73 Å². The van der Waals surface area contributed by atoms with E-state index in [0.29, 0.717) is 5.56 Å². The van der Waals surface area contributed by atoms with Gasteiger partial charge in [0, 0.05) is 5.56 Å². The summed E-state index contributed by atoms with van der Waals surface area (Å²) in [5.41, 5.74) is 8.12. The summed E-state index contributed by atoms with van der Waals surface area (Å²) < 4.78 is 13.3. The molecule has 0 radical (unpaired) electrons. The molecule has 1 atom stereocenters. The molecule has 1 aliphatic carbocycles. The summed E-state index contributed by atoms with van der Waals surface area (Å²) >= 11 is 0. The third-order valence-corrected chi connectivity index (χ3v) is 3.46. The van der Waals surface area contributed by atoms with Crippen LogP contribution in [0.5, 0.6) is 0 Å². The number of nitrogens with two attached hydrogens (primary N) is 1.